The van der Waals surface area contributed by atoms with E-state index in [0.29, 0.717) is 11.1 Å². The van der Waals surface area contributed by atoms with Crippen LogP contribution in [0, 0.1) is 0 Å². The van der Waals surface area contributed by atoms with Crippen LogP contribution in [-0.2, 0) is 10.4 Å². The van der Waals surface area contributed by atoms with Crippen molar-refractivity contribution in [2.24, 2.45) is 0 Å². The molecule has 0 radical (unpaired) electrons. The first-order chi connectivity index (χ1) is 19.6. The van der Waals surface area contributed by atoms with Crippen LogP contribution in [0.1, 0.15) is 24.1 Å². The molecule has 1 aliphatic rings. The van der Waals surface area contributed by atoms with Gasteiger partial charge in [0.2, 0.25) is 5.60 Å². The Hall–Kier alpha value is -4.83. The van der Waals surface area contributed by atoms with Crippen LogP contribution in [0.5, 0.6) is 5.75 Å². The average molecular weight is 559 g/mol. The average Bonchev–Trinajstić information content (AvgIpc) is 3.57. The number of carbonyl (C=O) groups is 1. The van der Waals surface area contributed by atoms with Crippen molar-refractivity contribution in [3.63, 3.8) is 0 Å². The van der Waals surface area contributed by atoms with Gasteiger partial charge in [0, 0.05) is 28.3 Å². The Morgan fingerprint density at radius 2 is 1.73 bits per heavy atom. The summed E-state index contributed by atoms with van der Waals surface area (Å²) in [6.45, 7) is 1.66. The lowest BCUT2D eigenvalue weighted by Crippen LogP contribution is -2.41. The summed E-state index contributed by atoms with van der Waals surface area (Å²) in [5.74, 6) is -0.229. The molecule has 1 aliphatic carbocycles. The lowest BCUT2D eigenvalue weighted by molar-refractivity contribution is -0.246. The first-order valence-corrected chi connectivity index (χ1v) is 12.8. The van der Waals surface area contributed by atoms with Gasteiger partial charge in [-0.05, 0) is 47.2 Å². The fourth-order valence-corrected chi connectivity index (χ4v) is 5.38. The second kappa shape index (κ2) is 9.67. The van der Waals surface area contributed by atoms with E-state index in [4.69, 9.17) is 4.74 Å². The van der Waals surface area contributed by atoms with Crippen molar-refractivity contribution in [3.05, 3.63) is 102 Å². The molecular formula is C31H25F3N4O3. The standard InChI is InChI=1S/C31H25F3N4O3/c1-18(29(39)37-36-27-13-7-9-19-8-3-4-10-22(19)27)38-17-20(16-35-38)24-14-21(41-2)15-26-28(24)23-11-5-6-12-25(23)30(26,40)31(32,33)34/h3-18,36,40H,1-2H3,(H,37,39). The molecule has 208 valence electrons. The number of benzene rings is 4. The minimum atomic E-state index is -4.98. The molecule has 1 aromatic heterocycles. The minimum absolute atomic E-state index is 0.145. The van der Waals surface area contributed by atoms with Crippen molar-refractivity contribution in [1.29, 1.82) is 0 Å². The second-order valence-corrected chi connectivity index (χ2v) is 9.88. The van der Waals surface area contributed by atoms with E-state index in [-0.39, 0.29) is 33.9 Å². The van der Waals surface area contributed by atoms with Gasteiger partial charge in [-0.2, -0.15) is 18.3 Å². The molecule has 0 aliphatic heterocycles. The summed E-state index contributed by atoms with van der Waals surface area (Å²) in [7, 11) is 1.35. The molecule has 2 unspecified atom stereocenters. The number of amides is 1. The SMILES string of the molecule is COc1cc(-c2cnn(C(C)C(=O)NNc3cccc4ccccc34)c2)c2c(c1)C(O)(C(F)(F)F)c1ccccc1-2. The summed E-state index contributed by atoms with van der Waals surface area (Å²) >= 11 is 0. The highest BCUT2D eigenvalue weighted by molar-refractivity contribution is 5.95. The van der Waals surface area contributed by atoms with E-state index in [9.17, 15) is 23.1 Å². The van der Waals surface area contributed by atoms with Crippen LogP contribution in [0.2, 0.25) is 0 Å². The summed E-state index contributed by atoms with van der Waals surface area (Å²) in [6, 6.07) is 21.4. The number of ether oxygens (including phenoxy) is 1. The van der Waals surface area contributed by atoms with E-state index in [1.807, 2.05) is 42.5 Å². The number of hydrogen-bond donors (Lipinski definition) is 3. The summed E-state index contributed by atoms with van der Waals surface area (Å²) in [6.07, 6.45) is -1.92. The summed E-state index contributed by atoms with van der Waals surface area (Å²) in [5.41, 5.74) is 3.97. The van der Waals surface area contributed by atoms with Gasteiger partial charge in [0.15, 0.2) is 0 Å². The number of methoxy groups -OCH3 is 1. The first-order valence-electron chi connectivity index (χ1n) is 12.8. The zero-order chi connectivity index (χ0) is 28.9. The molecule has 1 heterocycles. The number of nitrogens with zero attached hydrogens (tertiary/aromatic N) is 2. The fourth-order valence-electron chi connectivity index (χ4n) is 5.38. The van der Waals surface area contributed by atoms with Crippen LogP contribution < -0.4 is 15.6 Å². The Kier molecular flexibility index (Phi) is 6.22. The highest BCUT2D eigenvalue weighted by Gasteiger charge is 2.61. The van der Waals surface area contributed by atoms with Crippen LogP contribution in [0.15, 0.2) is 91.3 Å². The van der Waals surface area contributed by atoms with Crippen LogP contribution >= 0.6 is 0 Å². The number of anilines is 1. The number of aliphatic hydroxyl groups is 1. The fraction of sp³-hybridized carbons (Fsp3) is 0.161. The van der Waals surface area contributed by atoms with Crippen molar-refractivity contribution in [2.75, 3.05) is 12.5 Å². The van der Waals surface area contributed by atoms with Crippen LogP contribution in [0.3, 0.4) is 0 Å². The molecule has 2 atom stereocenters. The predicted octanol–water partition coefficient (Wildman–Crippen LogP) is 6.19. The lowest BCUT2D eigenvalue weighted by atomic mass is 9.89. The number of hydrogen-bond acceptors (Lipinski definition) is 5. The molecular weight excluding hydrogens is 533 g/mol. The van der Waals surface area contributed by atoms with E-state index in [1.165, 1.54) is 36.2 Å². The van der Waals surface area contributed by atoms with Crippen molar-refractivity contribution >= 4 is 22.4 Å². The molecule has 0 saturated heterocycles. The maximum atomic E-state index is 14.4. The molecule has 1 amide bonds. The summed E-state index contributed by atoms with van der Waals surface area (Å²) in [5, 5.41) is 17.4. The van der Waals surface area contributed by atoms with E-state index < -0.39 is 17.8 Å². The second-order valence-electron chi connectivity index (χ2n) is 9.88. The highest BCUT2D eigenvalue weighted by atomic mass is 19.4. The molecule has 5 aromatic rings. The largest absolute Gasteiger partial charge is 0.497 e. The molecule has 0 spiro atoms. The summed E-state index contributed by atoms with van der Waals surface area (Å²) < 4.78 is 49.9. The van der Waals surface area contributed by atoms with Gasteiger partial charge in [-0.15, -0.1) is 0 Å². The molecule has 7 nitrogen and oxygen atoms in total. The number of alkyl halides is 3. The normalized spacial score (nSPS) is 16.6. The topological polar surface area (TPSA) is 88.4 Å². The van der Waals surface area contributed by atoms with Crippen molar-refractivity contribution in [2.45, 2.75) is 24.7 Å². The van der Waals surface area contributed by atoms with Crippen molar-refractivity contribution in [1.82, 2.24) is 15.2 Å². The van der Waals surface area contributed by atoms with Crippen molar-refractivity contribution < 1.29 is 27.8 Å². The molecule has 0 fully saturated rings. The number of nitrogens with one attached hydrogen (secondary N) is 2. The third kappa shape index (κ3) is 4.18. The number of fused-ring (bicyclic) bond motifs is 4. The quantitative estimate of drug-likeness (QED) is 0.216. The van der Waals surface area contributed by atoms with Gasteiger partial charge in [-0.1, -0.05) is 60.7 Å². The van der Waals surface area contributed by atoms with Gasteiger partial charge in [-0.3, -0.25) is 20.3 Å². The zero-order valence-corrected chi connectivity index (χ0v) is 22.0. The van der Waals surface area contributed by atoms with Crippen LogP contribution in [-0.4, -0.2) is 34.1 Å². The molecule has 10 heteroatoms. The van der Waals surface area contributed by atoms with Gasteiger partial charge in [0.1, 0.15) is 11.8 Å². The Morgan fingerprint density at radius 1 is 1.00 bits per heavy atom. The Morgan fingerprint density at radius 3 is 2.51 bits per heavy atom. The number of aromatic nitrogens is 2. The van der Waals surface area contributed by atoms with E-state index in [2.05, 4.69) is 16.0 Å². The summed E-state index contributed by atoms with van der Waals surface area (Å²) in [4.78, 5) is 13.0. The lowest BCUT2D eigenvalue weighted by Gasteiger charge is -2.28. The van der Waals surface area contributed by atoms with Crippen LogP contribution in [0.4, 0.5) is 18.9 Å². The number of carbonyl (C=O) groups excluding carboxylic acids is 1. The van der Waals surface area contributed by atoms with E-state index in [0.717, 1.165) is 16.5 Å². The van der Waals surface area contributed by atoms with E-state index in [1.54, 1.807) is 31.3 Å². The third-order valence-electron chi connectivity index (χ3n) is 7.53. The smallest absolute Gasteiger partial charge is 0.425 e. The number of hydrazine groups is 1. The maximum absolute atomic E-state index is 14.4. The monoisotopic (exact) mass is 558 g/mol. The third-order valence-corrected chi connectivity index (χ3v) is 7.53. The van der Waals surface area contributed by atoms with Crippen molar-refractivity contribution in [3.8, 4) is 28.0 Å². The van der Waals surface area contributed by atoms with E-state index >= 15 is 0 Å². The Labute approximate surface area is 233 Å². The zero-order valence-electron chi connectivity index (χ0n) is 22.0. The molecule has 6 rings (SSSR count). The van der Waals surface area contributed by atoms with Gasteiger partial charge in [-0.25, -0.2) is 0 Å². The number of rotatable bonds is 6. The van der Waals surface area contributed by atoms with Crippen LogP contribution in [0.25, 0.3) is 33.0 Å². The molecule has 41 heavy (non-hydrogen) atoms. The molecule has 4 aromatic carbocycles. The predicted molar refractivity (Wildman–Crippen MR) is 149 cm³/mol. The molecule has 0 bridgehead atoms. The first kappa shape index (κ1) is 26.4. The molecule has 3 N–H and O–H groups in total. The van der Waals surface area contributed by atoms with Gasteiger partial charge in [0.25, 0.3) is 5.91 Å². The maximum Gasteiger partial charge on any atom is 0.425 e. The number of halogens is 3. The van der Waals surface area contributed by atoms with Gasteiger partial charge >= 0.3 is 6.18 Å². The highest BCUT2D eigenvalue weighted by Crippen LogP contribution is 2.58. The Balaban J connectivity index is 1.34. The molecule has 0 saturated carbocycles. The van der Waals surface area contributed by atoms with Gasteiger partial charge in [0.05, 0.1) is 19.0 Å². The Bertz CT molecular complexity index is 1790. The van der Waals surface area contributed by atoms with Gasteiger partial charge < -0.3 is 9.84 Å². The minimum Gasteiger partial charge on any atom is -0.497 e.